The van der Waals surface area contributed by atoms with Gasteiger partial charge in [-0.15, -0.1) is 6.58 Å². The first kappa shape index (κ1) is 25.7. The Kier molecular flexibility index (Phi) is 7.97. The lowest BCUT2D eigenvalue weighted by molar-refractivity contribution is -0.193. The molecule has 9 heteroatoms. The highest BCUT2D eigenvalue weighted by Gasteiger charge is 2.60. The lowest BCUT2D eigenvalue weighted by Crippen LogP contribution is -2.56. The van der Waals surface area contributed by atoms with Crippen molar-refractivity contribution in [2.45, 2.75) is 50.3 Å². The highest BCUT2D eigenvalue weighted by Crippen LogP contribution is 2.42. The summed E-state index contributed by atoms with van der Waals surface area (Å²) in [6.07, 6.45) is -2.47. The van der Waals surface area contributed by atoms with Crippen LogP contribution in [0, 0.1) is 6.92 Å². The van der Waals surface area contributed by atoms with Crippen molar-refractivity contribution in [1.29, 1.82) is 0 Å². The molecule has 1 saturated heterocycles. The zero-order chi connectivity index (χ0) is 25.7. The van der Waals surface area contributed by atoms with Crippen molar-refractivity contribution in [3.63, 3.8) is 0 Å². The molecule has 0 bridgehead atoms. The molecule has 1 fully saturated rings. The Labute approximate surface area is 208 Å². The maximum atomic E-state index is 12.6. The lowest BCUT2D eigenvalue weighted by atomic mass is 9.89. The number of aliphatic hydroxyl groups is 2. The van der Waals surface area contributed by atoms with Gasteiger partial charge in [0.05, 0.1) is 19.8 Å². The van der Waals surface area contributed by atoms with Crippen LogP contribution in [0.5, 0.6) is 0 Å². The van der Waals surface area contributed by atoms with Gasteiger partial charge in [-0.1, -0.05) is 66.7 Å². The van der Waals surface area contributed by atoms with Gasteiger partial charge >= 0.3 is 5.69 Å². The van der Waals surface area contributed by atoms with Crippen LogP contribution in [0.4, 0.5) is 0 Å². The van der Waals surface area contributed by atoms with Crippen LogP contribution < -0.4 is 11.2 Å². The van der Waals surface area contributed by atoms with E-state index in [9.17, 15) is 19.8 Å². The molecule has 3 aromatic rings. The molecule has 2 heterocycles. The number of nitrogens with zero attached hydrogens (tertiary/aromatic N) is 1. The molecule has 1 aromatic heterocycles. The zero-order valence-corrected chi connectivity index (χ0v) is 19.9. The molecule has 5 atom stereocenters. The summed E-state index contributed by atoms with van der Waals surface area (Å²) in [5, 5.41) is 22.4. The molecule has 2 aromatic carbocycles. The summed E-state index contributed by atoms with van der Waals surface area (Å²) in [5.74, 6) is 0. The topological polar surface area (TPSA) is 123 Å². The fourth-order valence-corrected chi connectivity index (χ4v) is 4.34. The number of hydrogen-bond acceptors (Lipinski definition) is 7. The minimum absolute atomic E-state index is 0.114. The second kappa shape index (κ2) is 11.2. The Bertz CT molecular complexity index is 1270. The average Bonchev–Trinajstić information content (AvgIpc) is 3.17. The number of aryl methyl sites for hydroxylation is 1. The van der Waals surface area contributed by atoms with Gasteiger partial charge in [-0.3, -0.25) is 14.3 Å². The van der Waals surface area contributed by atoms with E-state index in [1.807, 2.05) is 60.7 Å². The van der Waals surface area contributed by atoms with Gasteiger partial charge in [-0.05, 0) is 18.1 Å². The van der Waals surface area contributed by atoms with Crippen molar-refractivity contribution in [2.75, 3.05) is 6.61 Å². The van der Waals surface area contributed by atoms with Gasteiger partial charge in [0, 0.05) is 11.8 Å². The van der Waals surface area contributed by atoms with E-state index in [2.05, 4.69) is 11.6 Å². The van der Waals surface area contributed by atoms with Crippen molar-refractivity contribution >= 4 is 0 Å². The minimum atomic E-state index is -1.60. The molecule has 0 unspecified atom stereocenters. The molecule has 190 valence electrons. The molecule has 3 N–H and O–H groups in total. The third-order valence-corrected chi connectivity index (χ3v) is 6.28. The van der Waals surface area contributed by atoms with E-state index >= 15 is 0 Å². The molecule has 0 radical (unpaired) electrons. The van der Waals surface area contributed by atoms with Crippen LogP contribution >= 0.6 is 0 Å². The summed E-state index contributed by atoms with van der Waals surface area (Å²) in [6.45, 7) is 5.40. The SMILES string of the molecule is C=C[C@H](O)[C@]1(COCc2ccccc2)O[C@@H](n2cc(C)c(=O)[nH]c2=O)[C@H](O)[C@@H]1OCc1ccccc1. The standard InChI is InChI=1S/C27H30N2O7/c1-3-21(30)27(17-34-15-19-10-6-4-7-11-19)23(35-16-20-12-8-5-9-13-20)22(31)25(36-27)29-14-18(2)24(32)28-26(29)33/h3-14,21-23,25,30-31H,1,15-17H2,2H3,(H,28,32,33)/t21-,22+,23-,25+,27-/m0/s1. The Morgan fingerprint density at radius 3 is 2.33 bits per heavy atom. The molecule has 0 spiro atoms. The van der Waals surface area contributed by atoms with Crippen LogP contribution in [0.1, 0.15) is 22.9 Å². The van der Waals surface area contributed by atoms with E-state index < -0.39 is 41.4 Å². The maximum absolute atomic E-state index is 12.6. The first-order chi connectivity index (χ1) is 17.4. The first-order valence-corrected chi connectivity index (χ1v) is 11.6. The normalized spacial score (nSPS) is 24.5. The van der Waals surface area contributed by atoms with Crippen LogP contribution in [0.15, 0.2) is 89.1 Å². The highest BCUT2D eigenvalue weighted by atomic mass is 16.6. The number of ether oxygens (including phenoxy) is 3. The second-order valence-corrected chi connectivity index (χ2v) is 8.81. The molecule has 0 aliphatic carbocycles. The third-order valence-electron chi connectivity index (χ3n) is 6.28. The molecule has 0 saturated carbocycles. The van der Waals surface area contributed by atoms with E-state index in [0.29, 0.717) is 0 Å². The number of aromatic nitrogens is 2. The van der Waals surface area contributed by atoms with Crippen molar-refractivity contribution in [3.8, 4) is 0 Å². The highest BCUT2D eigenvalue weighted by molar-refractivity contribution is 5.16. The van der Waals surface area contributed by atoms with E-state index in [1.165, 1.54) is 19.2 Å². The molecule has 1 aliphatic rings. The van der Waals surface area contributed by atoms with Crippen LogP contribution in [0.2, 0.25) is 0 Å². The van der Waals surface area contributed by atoms with Crippen LogP contribution in [-0.2, 0) is 27.4 Å². The van der Waals surface area contributed by atoms with Gasteiger partial charge in [0.1, 0.15) is 18.3 Å². The number of hydrogen-bond donors (Lipinski definition) is 3. The number of benzene rings is 2. The number of aromatic amines is 1. The van der Waals surface area contributed by atoms with E-state index in [1.54, 1.807) is 0 Å². The minimum Gasteiger partial charge on any atom is -0.386 e. The van der Waals surface area contributed by atoms with E-state index in [4.69, 9.17) is 14.2 Å². The summed E-state index contributed by atoms with van der Waals surface area (Å²) in [5.41, 5.74) is -0.884. The third kappa shape index (κ3) is 5.25. The first-order valence-electron chi connectivity index (χ1n) is 11.6. The molecular formula is C27H30N2O7. The summed E-state index contributed by atoms with van der Waals surface area (Å²) < 4.78 is 19.4. The average molecular weight is 495 g/mol. The van der Waals surface area contributed by atoms with Crippen molar-refractivity contribution in [2.24, 2.45) is 0 Å². The summed E-state index contributed by atoms with van der Waals surface area (Å²) in [7, 11) is 0. The summed E-state index contributed by atoms with van der Waals surface area (Å²) in [6, 6.07) is 18.8. The Hall–Kier alpha value is -3.34. The van der Waals surface area contributed by atoms with Gasteiger partial charge < -0.3 is 24.4 Å². The van der Waals surface area contributed by atoms with Crippen LogP contribution in [0.3, 0.4) is 0 Å². The molecule has 4 rings (SSSR count). The molecule has 9 nitrogen and oxygen atoms in total. The summed E-state index contributed by atoms with van der Waals surface area (Å²) >= 11 is 0. The molecule has 36 heavy (non-hydrogen) atoms. The molecule has 1 aliphatic heterocycles. The fraction of sp³-hybridized carbons (Fsp3) is 0.333. The van der Waals surface area contributed by atoms with Gasteiger partial charge in [-0.25, -0.2) is 4.79 Å². The van der Waals surface area contributed by atoms with E-state index in [0.717, 1.165) is 15.7 Å². The smallest absolute Gasteiger partial charge is 0.330 e. The quantitative estimate of drug-likeness (QED) is 0.368. The zero-order valence-electron chi connectivity index (χ0n) is 19.9. The second-order valence-electron chi connectivity index (χ2n) is 8.81. The number of H-pyrrole nitrogens is 1. The molecular weight excluding hydrogens is 464 g/mol. The van der Waals surface area contributed by atoms with Crippen molar-refractivity contribution < 1.29 is 24.4 Å². The Morgan fingerprint density at radius 2 is 1.72 bits per heavy atom. The predicted molar refractivity (Wildman–Crippen MR) is 132 cm³/mol. The van der Waals surface area contributed by atoms with Crippen molar-refractivity contribution in [1.82, 2.24) is 9.55 Å². The number of aliphatic hydroxyl groups excluding tert-OH is 2. The summed E-state index contributed by atoms with van der Waals surface area (Å²) in [4.78, 5) is 26.7. The molecule has 0 amide bonds. The van der Waals surface area contributed by atoms with Gasteiger partial charge in [-0.2, -0.15) is 0 Å². The maximum Gasteiger partial charge on any atom is 0.330 e. The predicted octanol–water partition coefficient (Wildman–Crippen LogP) is 1.82. The van der Waals surface area contributed by atoms with Gasteiger partial charge in [0.25, 0.3) is 5.56 Å². The Morgan fingerprint density at radius 1 is 1.11 bits per heavy atom. The van der Waals surface area contributed by atoms with Gasteiger partial charge in [0.15, 0.2) is 11.8 Å². The van der Waals surface area contributed by atoms with Crippen molar-refractivity contribution in [3.05, 3.63) is 117 Å². The number of rotatable bonds is 10. The lowest BCUT2D eigenvalue weighted by Gasteiger charge is -2.37. The fourth-order valence-electron chi connectivity index (χ4n) is 4.34. The van der Waals surface area contributed by atoms with Gasteiger partial charge in [0.2, 0.25) is 0 Å². The monoisotopic (exact) mass is 494 g/mol. The number of nitrogens with one attached hydrogen (secondary N) is 1. The van der Waals surface area contributed by atoms with E-state index in [-0.39, 0.29) is 25.4 Å². The van der Waals surface area contributed by atoms with Crippen LogP contribution in [0.25, 0.3) is 0 Å². The van der Waals surface area contributed by atoms with Crippen LogP contribution in [-0.4, -0.2) is 50.3 Å². The Balaban J connectivity index is 1.69. The largest absolute Gasteiger partial charge is 0.386 e.